The molecule has 1 atom stereocenters. The predicted molar refractivity (Wildman–Crippen MR) is 78.7 cm³/mol. The third-order valence-corrected chi connectivity index (χ3v) is 4.64. The third kappa shape index (κ3) is 3.17. The Bertz CT molecular complexity index is 421. The summed E-state index contributed by atoms with van der Waals surface area (Å²) in [5, 5.41) is 3.65. The second-order valence-corrected chi connectivity index (χ2v) is 6.21. The van der Waals surface area contributed by atoms with Gasteiger partial charge in [0.25, 0.3) is 0 Å². The highest BCUT2D eigenvalue weighted by Crippen LogP contribution is 2.46. The predicted octanol–water partition coefficient (Wildman–Crippen LogP) is 4.76. The van der Waals surface area contributed by atoms with Gasteiger partial charge in [0.2, 0.25) is 0 Å². The molecule has 0 heterocycles. The largest absolute Gasteiger partial charge is 0.310 e. The van der Waals surface area contributed by atoms with Crippen LogP contribution in [0.15, 0.2) is 18.2 Å². The van der Waals surface area contributed by atoms with Gasteiger partial charge in [-0.15, -0.1) is 0 Å². The Morgan fingerprint density at radius 1 is 1.26 bits per heavy atom. The van der Waals surface area contributed by atoms with Gasteiger partial charge in [-0.05, 0) is 55.0 Å². The van der Waals surface area contributed by atoms with Crippen LogP contribution >= 0.6 is 0 Å². The lowest BCUT2D eigenvalue weighted by Gasteiger charge is -2.42. The quantitative estimate of drug-likeness (QED) is 0.826. The molecule has 0 aromatic heterocycles. The van der Waals surface area contributed by atoms with Crippen LogP contribution in [0.1, 0.15) is 63.1 Å². The normalized spacial score (nSPS) is 20.2. The van der Waals surface area contributed by atoms with E-state index in [1.54, 1.807) is 12.1 Å². The number of aryl methyl sites for hydroxylation is 1. The van der Waals surface area contributed by atoms with Crippen molar-refractivity contribution >= 4 is 0 Å². The molecule has 0 spiro atoms. The lowest BCUT2D eigenvalue weighted by atomic mass is 9.68. The average Bonchev–Trinajstić information content (AvgIpc) is 2.38. The minimum Gasteiger partial charge on any atom is -0.310 e. The summed E-state index contributed by atoms with van der Waals surface area (Å²) in [5.74, 6) is -0.134. The molecular weight excluding hydrogens is 237 g/mol. The zero-order valence-electron chi connectivity index (χ0n) is 12.4. The first-order valence-electron chi connectivity index (χ1n) is 7.56. The van der Waals surface area contributed by atoms with Crippen molar-refractivity contribution in [2.24, 2.45) is 5.41 Å². The molecule has 2 rings (SSSR count). The van der Waals surface area contributed by atoms with Crippen molar-refractivity contribution in [3.05, 3.63) is 35.1 Å². The molecule has 0 saturated heterocycles. The maximum Gasteiger partial charge on any atom is 0.123 e. The smallest absolute Gasteiger partial charge is 0.123 e. The van der Waals surface area contributed by atoms with Crippen LogP contribution in [0.5, 0.6) is 0 Å². The van der Waals surface area contributed by atoms with Gasteiger partial charge >= 0.3 is 0 Å². The number of hydrogen-bond donors (Lipinski definition) is 1. The molecule has 1 aliphatic rings. The average molecular weight is 263 g/mol. The molecule has 0 amide bonds. The summed E-state index contributed by atoms with van der Waals surface area (Å²) >= 11 is 0. The number of halogens is 1. The van der Waals surface area contributed by atoms with Crippen LogP contribution in [-0.2, 0) is 0 Å². The van der Waals surface area contributed by atoms with E-state index in [9.17, 15) is 4.39 Å². The molecule has 0 bridgehead atoms. The van der Waals surface area contributed by atoms with E-state index in [1.165, 1.54) is 37.7 Å². The molecule has 1 N–H and O–H groups in total. The summed E-state index contributed by atoms with van der Waals surface area (Å²) in [7, 11) is 0. The van der Waals surface area contributed by atoms with E-state index in [2.05, 4.69) is 19.2 Å². The molecule has 106 valence electrons. The van der Waals surface area contributed by atoms with Crippen LogP contribution in [0.25, 0.3) is 0 Å². The molecule has 1 aromatic carbocycles. The number of nitrogens with one attached hydrogen (secondary N) is 1. The van der Waals surface area contributed by atoms with E-state index >= 15 is 0 Å². The second kappa shape index (κ2) is 6.04. The van der Waals surface area contributed by atoms with E-state index in [0.29, 0.717) is 11.5 Å². The van der Waals surface area contributed by atoms with Gasteiger partial charge in [0, 0.05) is 6.04 Å². The Kier molecular flexibility index (Phi) is 4.62. The minimum absolute atomic E-state index is 0.134. The zero-order valence-corrected chi connectivity index (χ0v) is 12.4. The van der Waals surface area contributed by atoms with E-state index < -0.39 is 0 Å². The zero-order chi connectivity index (χ0) is 13.9. The van der Waals surface area contributed by atoms with Gasteiger partial charge < -0.3 is 5.32 Å². The van der Waals surface area contributed by atoms with Crippen molar-refractivity contribution < 1.29 is 4.39 Å². The van der Waals surface area contributed by atoms with E-state index in [-0.39, 0.29) is 5.82 Å². The first-order valence-corrected chi connectivity index (χ1v) is 7.56. The Balaban J connectivity index is 2.33. The van der Waals surface area contributed by atoms with E-state index in [1.807, 2.05) is 13.0 Å². The van der Waals surface area contributed by atoms with Crippen LogP contribution in [0.2, 0.25) is 0 Å². The number of hydrogen-bond acceptors (Lipinski definition) is 1. The molecule has 1 fully saturated rings. The molecule has 19 heavy (non-hydrogen) atoms. The second-order valence-electron chi connectivity index (χ2n) is 6.21. The number of rotatable bonds is 4. The lowest BCUT2D eigenvalue weighted by molar-refractivity contribution is 0.145. The Morgan fingerprint density at radius 2 is 1.95 bits per heavy atom. The monoisotopic (exact) mass is 263 g/mol. The van der Waals surface area contributed by atoms with E-state index in [0.717, 1.165) is 12.1 Å². The van der Waals surface area contributed by atoms with E-state index in [4.69, 9.17) is 0 Å². The van der Waals surface area contributed by atoms with Crippen LogP contribution in [-0.4, -0.2) is 6.54 Å². The van der Waals surface area contributed by atoms with Crippen LogP contribution in [0, 0.1) is 18.2 Å². The van der Waals surface area contributed by atoms with Crippen molar-refractivity contribution in [1.82, 2.24) is 5.32 Å². The van der Waals surface area contributed by atoms with Gasteiger partial charge in [-0.2, -0.15) is 0 Å². The highest BCUT2D eigenvalue weighted by Gasteiger charge is 2.36. The van der Waals surface area contributed by atoms with Gasteiger partial charge in [0.1, 0.15) is 5.82 Å². The van der Waals surface area contributed by atoms with Gasteiger partial charge in [-0.1, -0.05) is 39.2 Å². The fourth-order valence-corrected chi connectivity index (χ4v) is 3.55. The molecule has 1 saturated carbocycles. The van der Waals surface area contributed by atoms with Crippen molar-refractivity contribution in [3.8, 4) is 0 Å². The Labute approximate surface area is 116 Å². The Morgan fingerprint density at radius 3 is 2.53 bits per heavy atom. The standard InChI is InChI=1S/C17H26FN/c1-4-19-16(17(3)10-6-5-7-11-17)15-9-8-14(18)12-13(15)2/h8-9,12,16,19H,4-7,10-11H2,1-3H3. The van der Waals surface area contributed by atoms with Gasteiger partial charge in [-0.25, -0.2) is 4.39 Å². The molecule has 0 radical (unpaired) electrons. The first-order chi connectivity index (χ1) is 9.07. The lowest BCUT2D eigenvalue weighted by Crippen LogP contribution is -2.38. The van der Waals surface area contributed by atoms with Crippen molar-refractivity contribution in [2.45, 2.75) is 58.9 Å². The van der Waals surface area contributed by atoms with Crippen LogP contribution in [0.3, 0.4) is 0 Å². The van der Waals surface area contributed by atoms with Crippen LogP contribution < -0.4 is 5.32 Å². The topological polar surface area (TPSA) is 12.0 Å². The molecule has 1 nitrogen and oxygen atoms in total. The summed E-state index contributed by atoms with van der Waals surface area (Å²) in [5.41, 5.74) is 2.64. The number of benzene rings is 1. The molecule has 1 aliphatic carbocycles. The van der Waals surface area contributed by atoms with Crippen molar-refractivity contribution in [3.63, 3.8) is 0 Å². The molecule has 1 unspecified atom stereocenters. The molecular formula is C17H26FN. The fraction of sp³-hybridized carbons (Fsp3) is 0.647. The molecule has 0 aliphatic heterocycles. The van der Waals surface area contributed by atoms with Gasteiger partial charge in [0.05, 0.1) is 0 Å². The maximum atomic E-state index is 13.3. The summed E-state index contributed by atoms with van der Waals surface area (Å²) in [4.78, 5) is 0. The SMILES string of the molecule is CCNC(c1ccc(F)cc1C)C1(C)CCCCC1. The van der Waals surface area contributed by atoms with Gasteiger partial charge in [-0.3, -0.25) is 0 Å². The summed E-state index contributed by atoms with van der Waals surface area (Å²) in [6.07, 6.45) is 6.52. The third-order valence-electron chi connectivity index (χ3n) is 4.64. The summed E-state index contributed by atoms with van der Waals surface area (Å²) in [6, 6.07) is 5.57. The molecule has 1 aromatic rings. The first kappa shape index (κ1) is 14.5. The van der Waals surface area contributed by atoms with Crippen LogP contribution in [0.4, 0.5) is 4.39 Å². The minimum atomic E-state index is -0.134. The summed E-state index contributed by atoms with van der Waals surface area (Å²) in [6.45, 7) is 7.52. The highest BCUT2D eigenvalue weighted by atomic mass is 19.1. The van der Waals surface area contributed by atoms with Gasteiger partial charge in [0.15, 0.2) is 0 Å². The Hall–Kier alpha value is -0.890. The van der Waals surface area contributed by atoms with Crippen molar-refractivity contribution in [1.29, 1.82) is 0 Å². The van der Waals surface area contributed by atoms with Crippen molar-refractivity contribution in [2.75, 3.05) is 6.54 Å². The summed E-state index contributed by atoms with van der Waals surface area (Å²) < 4.78 is 13.3. The fourth-order valence-electron chi connectivity index (χ4n) is 3.55. The highest BCUT2D eigenvalue weighted by molar-refractivity contribution is 5.31. The maximum absolute atomic E-state index is 13.3. The molecule has 2 heteroatoms.